The Balaban J connectivity index is 3.11. The molecule has 1 heterocycles. The highest BCUT2D eigenvalue weighted by atomic mass is 35.5. The van der Waals surface area contributed by atoms with Crippen LogP contribution in [0.15, 0.2) is 6.20 Å². The summed E-state index contributed by atoms with van der Waals surface area (Å²) in [6, 6.07) is 0. The van der Waals surface area contributed by atoms with Crippen LogP contribution in [0.2, 0.25) is 10.0 Å². The number of aromatic nitrogens is 1. The van der Waals surface area contributed by atoms with Gasteiger partial charge in [-0.05, 0) is 20.8 Å². The average Bonchev–Trinajstić information content (AvgIpc) is 2.25. The van der Waals surface area contributed by atoms with E-state index >= 15 is 0 Å². The van der Waals surface area contributed by atoms with Gasteiger partial charge >= 0.3 is 0 Å². The van der Waals surface area contributed by atoms with Gasteiger partial charge < -0.3 is 9.47 Å². The van der Waals surface area contributed by atoms with E-state index in [9.17, 15) is 0 Å². The van der Waals surface area contributed by atoms with Crippen molar-refractivity contribution < 1.29 is 9.47 Å². The molecule has 0 fully saturated rings. The molecule has 1 rings (SSSR count). The fourth-order valence-corrected chi connectivity index (χ4v) is 1.83. The first-order valence-electron chi connectivity index (χ1n) is 5.15. The van der Waals surface area contributed by atoms with Crippen molar-refractivity contribution in [3.8, 4) is 0 Å². The molecule has 5 heteroatoms. The second-order valence-electron chi connectivity index (χ2n) is 3.16. The number of aryl methyl sites for hydroxylation is 1. The first kappa shape index (κ1) is 13.7. The van der Waals surface area contributed by atoms with E-state index in [0.717, 1.165) is 0 Å². The highest BCUT2D eigenvalue weighted by Crippen LogP contribution is 2.34. The fraction of sp³-hybridized carbons (Fsp3) is 0.545. The zero-order valence-electron chi connectivity index (χ0n) is 9.59. The molecule has 0 spiro atoms. The lowest BCUT2D eigenvalue weighted by Gasteiger charge is -2.20. The maximum absolute atomic E-state index is 6.16. The maximum Gasteiger partial charge on any atom is 0.186 e. The lowest BCUT2D eigenvalue weighted by molar-refractivity contribution is -0.140. The molecule has 0 amide bonds. The molecule has 1 aromatic rings. The predicted octanol–water partition coefficient (Wildman–Crippen LogP) is 3.77. The van der Waals surface area contributed by atoms with Crippen molar-refractivity contribution in [2.75, 3.05) is 13.2 Å². The fourth-order valence-electron chi connectivity index (χ4n) is 1.31. The summed E-state index contributed by atoms with van der Waals surface area (Å²) >= 11 is 12.2. The molecule has 16 heavy (non-hydrogen) atoms. The van der Waals surface area contributed by atoms with Crippen LogP contribution in [0.4, 0.5) is 0 Å². The molecule has 1 aromatic heterocycles. The molecule has 0 N–H and O–H groups in total. The number of rotatable bonds is 5. The van der Waals surface area contributed by atoms with E-state index in [1.54, 1.807) is 6.20 Å². The molecule has 3 nitrogen and oxygen atoms in total. The number of ether oxygens (including phenoxy) is 2. The van der Waals surface area contributed by atoms with Crippen LogP contribution in [0.3, 0.4) is 0 Å². The molecule has 0 saturated heterocycles. The van der Waals surface area contributed by atoms with Crippen LogP contribution in [0.25, 0.3) is 0 Å². The first-order chi connectivity index (χ1) is 7.61. The Bertz CT molecular complexity index is 352. The molecular weight excluding hydrogens is 249 g/mol. The Morgan fingerprint density at radius 2 is 1.81 bits per heavy atom. The van der Waals surface area contributed by atoms with Crippen molar-refractivity contribution in [2.24, 2.45) is 0 Å². The Hall–Kier alpha value is -0.350. The Labute approximate surface area is 106 Å². The zero-order valence-corrected chi connectivity index (χ0v) is 11.1. The lowest BCUT2D eigenvalue weighted by atomic mass is 10.2. The van der Waals surface area contributed by atoms with Gasteiger partial charge in [0.15, 0.2) is 6.29 Å². The van der Waals surface area contributed by atoms with Gasteiger partial charge in [0.1, 0.15) is 0 Å². The van der Waals surface area contributed by atoms with Crippen molar-refractivity contribution in [1.29, 1.82) is 0 Å². The molecule has 0 bridgehead atoms. The van der Waals surface area contributed by atoms with E-state index < -0.39 is 6.29 Å². The zero-order chi connectivity index (χ0) is 12.1. The van der Waals surface area contributed by atoms with Crippen LogP contribution in [-0.4, -0.2) is 18.2 Å². The van der Waals surface area contributed by atoms with Gasteiger partial charge in [0, 0.05) is 25.0 Å². The van der Waals surface area contributed by atoms with Gasteiger partial charge in [0.05, 0.1) is 15.7 Å². The predicted molar refractivity (Wildman–Crippen MR) is 65.0 cm³/mol. The number of halogens is 2. The highest BCUT2D eigenvalue weighted by molar-refractivity contribution is 6.36. The quantitative estimate of drug-likeness (QED) is 0.758. The molecule has 0 radical (unpaired) electrons. The summed E-state index contributed by atoms with van der Waals surface area (Å²) in [5.41, 5.74) is 1.37. The Morgan fingerprint density at radius 3 is 2.31 bits per heavy atom. The summed E-state index contributed by atoms with van der Waals surface area (Å²) in [7, 11) is 0. The highest BCUT2D eigenvalue weighted by Gasteiger charge is 2.20. The SMILES string of the molecule is CCOC(OCC)c1c(Cl)cnc(C)c1Cl. The van der Waals surface area contributed by atoms with E-state index in [4.69, 9.17) is 32.7 Å². The second-order valence-corrected chi connectivity index (χ2v) is 3.95. The van der Waals surface area contributed by atoms with Gasteiger partial charge in [-0.2, -0.15) is 0 Å². The normalized spacial score (nSPS) is 11.1. The van der Waals surface area contributed by atoms with Crippen molar-refractivity contribution in [3.63, 3.8) is 0 Å². The third kappa shape index (κ3) is 3.08. The van der Waals surface area contributed by atoms with Crippen LogP contribution in [0.5, 0.6) is 0 Å². The van der Waals surface area contributed by atoms with Crippen LogP contribution in [0, 0.1) is 6.92 Å². The molecular formula is C11H15Cl2NO2. The maximum atomic E-state index is 6.16. The lowest BCUT2D eigenvalue weighted by Crippen LogP contribution is -2.11. The van der Waals surface area contributed by atoms with Gasteiger partial charge in [-0.25, -0.2) is 0 Å². The van der Waals surface area contributed by atoms with Gasteiger partial charge in [-0.1, -0.05) is 23.2 Å². The number of pyridine rings is 1. The van der Waals surface area contributed by atoms with Crippen molar-refractivity contribution in [1.82, 2.24) is 4.98 Å². The third-order valence-electron chi connectivity index (χ3n) is 2.05. The molecule has 0 aliphatic carbocycles. The van der Waals surface area contributed by atoms with Crippen molar-refractivity contribution in [3.05, 3.63) is 27.5 Å². The summed E-state index contributed by atoms with van der Waals surface area (Å²) < 4.78 is 10.9. The summed E-state index contributed by atoms with van der Waals surface area (Å²) in [5.74, 6) is 0. The van der Waals surface area contributed by atoms with Crippen LogP contribution in [0.1, 0.15) is 31.4 Å². The topological polar surface area (TPSA) is 31.4 Å². The minimum Gasteiger partial charge on any atom is -0.349 e. The van der Waals surface area contributed by atoms with Crippen LogP contribution >= 0.6 is 23.2 Å². The van der Waals surface area contributed by atoms with Gasteiger partial charge in [0.2, 0.25) is 0 Å². The smallest absolute Gasteiger partial charge is 0.186 e. The minimum atomic E-state index is -0.531. The molecule has 0 aromatic carbocycles. The summed E-state index contributed by atoms with van der Waals surface area (Å²) in [5, 5.41) is 0.960. The van der Waals surface area contributed by atoms with E-state index in [1.165, 1.54) is 0 Å². The largest absolute Gasteiger partial charge is 0.349 e. The molecule has 90 valence electrons. The number of hydrogen-bond acceptors (Lipinski definition) is 3. The van der Waals surface area contributed by atoms with E-state index in [1.807, 2.05) is 20.8 Å². The van der Waals surface area contributed by atoms with Crippen molar-refractivity contribution >= 4 is 23.2 Å². The molecule has 0 aliphatic rings. The monoisotopic (exact) mass is 263 g/mol. The van der Waals surface area contributed by atoms with E-state index in [2.05, 4.69) is 4.98 Å². The molecule has 0 saturated carbocycles. The standard InChI is InChI=1S/C11H15Cl2NO2/c1-4-15-11(16-5-2)9-8(12)6-14-7(3)10(9)13/h6,11H,4-5H2,1-3H3. The summed E-state index contributed by atoms with van der Waals surface area (Å²) in [6.07, 6.45) is 1.03. The van der Waals surface area contributed by atoms with Crippen LogP contribution in [-0.2, 0) is 9.47 Å². The molecule has 0 unspecified atom stereocenters. The Kier molecular flexibility index (Phi) is 5.49. The number of hydrogen-bond donors (Lipinski definition) is 0. The average molecular weight is 264 g/mol. The molecule has 0 aliphatic heterocycles. The number of nitrogens with zero attached hydrogens (tertiary/aromatic N) is 1. The minimum absolute atomic E-state index is 0.461. The molecule has 0 atom stereocenters. The summed E-state index contributed by atoms with van der Waals surface area (Å²) in [6.45, 7) is 6.65. The van der Waals surface area contributed by atoms with Crippen molar-refractivity contribution in [2.45, 2.75) is 27.1 Å². The Morgan fingerprint density at radius 1 is 1.25 bits per heavy atom. The van der Waals surface area contributed by atoms with Gasteiger partial charge in [-0.3, -0.25) is 4.98 Å². The van der Waals surface area contributed by atoms with E-state index in [-0.39, 0.29) is 0 Å². The van der Waals surface area contributed by atoms with Gasteiger partial charge in [0.25, 0.3) is 0 Å². The second kappa shape index (κ2) is 6.40. The first-order valence-corrected chi connectivity index (χ1v) is 5.91. The van der Waals surface area contributed by atoms with Crippen LogP contribution < -0.4 is 0 Å². The third-order valence-corrected chi connectivity index (χ3v) is 2.83. The van der Waals surface area contributed by atoms with Gasteiger partial charge in [-0.15, -0.1) is 0 Å². The summed E-state index contributed by atoms with van der Waals surface area (Å²) in [4.78, 5) is 4.07. The van der Waals surface area contributed by atoms with E-state index in [0.29, 0.717) is 34.5 Å².